The Bertz CT molecular complexity index is 1480. The lowest BCUT2D eigenvalue weighted by molar-refractivity contribution is 0.0944. The summed E-state index contributed by atoms with van der Waals surface area (Å²) >= 11 is 0. The SMILES string of the molecule is OCCN1CC2CC(C1)N2c1ccc(Nc2ncc(F)c(-c3ccc4nc(N5CCCC5)ncc4c3)n2)cn1. The highest BCUT2D eigenvalue weighted by Crippen LogP contribution is 2.36. The number of halogens is 1. The molecule has 2 atom stereocenters. The number of anilines is 4. The Labute approximate surface area is 225 Å². The Balaban J connectivity index is 1.07. The van der Waals surface area contributed by atoms with E-state index in [1.54, 1.807) is 12.4 Å². The first-order valence-electron chi connectivity index (χ1n) is 13.5. The molecule has 39 heavy (non-hydrogen) atoms. The van der Waals surface area contributed by atoms with Crippen LogP contribution >= 0.6 is 0 Å². The molecule has 4 aromatic rings. The number of pyridine rings is 1. The van der Waals surface area contributed by atoms with Crippen molar-refractivity contribution >= 4 is 34.3 Å². The summed E-state index contributed by atoms with van der Waals surface area (Å²) in [7, 11) is 0. The third-order valence-corrected chi connectivity index (χ3v) is 7.93. The predicted octanol–water partition coefficient (Wildman–Crippen LogP) is 3.22. The highest BCUT2D eigenvalue weighted by Gasteiger charge is 2.44. The molecule has 7 heterocycles. The number of hydrogen-bond acceptors (Lipinski definition) is 10. The monoisotopic (exact) mass is 527 g/mol. The number of benzene rings is 1. The molecular formula is C28H30FN9O. The summed E-state index contributed by atoms with van der Waals surface area (Å²) in [5.41, 5.74) is 2.40. The van der Waals surface area contributed by atoms with Crippen LogP contribution in [0.2, 0.25) is 0 Å². The number of nitrogens with one attached hydrogen (secondary N) is 1. The average Bonchev–Trinajstić information content (AvgIpc) is 3.50. The number of aliphatic hydroxyl groups excluding tert-OH is 1. The van der Waals surface area contributed by atoms with Gasteiger partial charge in [0.15, 0.2) is 5.82 Å². The maximum atomic E-state index is 14.8. The fraction of sp³-hybridized carbons (Fsp3) is 0.393. The van der Waals surface area contributed by atoms with Crippen molar-refractivity contribution in [2.24, 2.45) is 0 Å². The van der Waals surface area contributed by atoms with E-state index < -0.39 is 5.82 Å². The Morgan fingerprint density at radius 2 is 1.79 bits per heavy atom. The highest BCUT2D eigenvalue weighted by molar-refractivity contribution is 5.84. The molecule has 0 radical (unpaired) electrons. The molecule has 200 valence electrons. The Morgan fingerprint density at radius 1 is 0.949 bits per heavy atom. The van der Waals surface area contributed by atoms with E-state index in [9.17, 15) is 9.50 Å². The summed E-state index contributed by atoms with van der Waals surface area (Å²) in [5.74, 6) is 1.48. The molecule has 11 heteroatoms. The van der Waals surface area contributed by atoms with Gasteiger partial charge in [-0.05, 0) is 43.5 Å². The van der Waals surface area contributed by atoms with Gasteiger partial charge in [0.05, 0.1) is 30.2 Å². The first kappa shape index (κ1) is 24.1. The number of nitrogens with zero attached hydrogens (tertiary/aromatic N) is 8. The molecule has 1 aromatic carbocycles. The minimum atomic E-state index is -0.498. The second kappa shape index (κ2) is 9.97. The van der Waals surface area contributed by atoms with Gasteiger partial charge in [-0.1, -0.05) is 6.07 Å². The number of aromatic nitrogens is 5. The maximum absolute atomic E-state index is 14.8. The van der Waals surface area contributed by atoms with Crippen LogP contribution in [0.25, 0.3) is 22.2 Å². The molecule has 4 fully saturated rings. The molecular weight excluding hydrogens is 497 g/mol. The molecule has 2 bridgehead atoms. The zero-order valence-electron chi connectivity index (χ0n) is 21.5. The average molecular weight is 528 g/mol. The van der Waals surface area contributed by atoms with Gasteiger partial charge < -0.3 is 20.2 Å². The zero-order valence-corrected chi connectivity index (χ0v) is 21.5. The number of piperazine rings is 1. The Morgan fingerprint density at radius 3 is 2.56 bits per heavy atom. The molecule has 0 amide bonds. The van der Waals surface area contributed by atoms with E-state index in [1.165, 1.54) is 6.20 Å². The number of fused-ring (bicyclic) bond motifs is 3. The van der Waals surface area contributed by atoms with E-state index in [0.717, 1.165) is 80.3 Å². The fourth-order valence-electron chi connectivity index (χ4n) is 6.01. The van der Waals surface area contributed by atoms with Crippen molar-refractivity contribution in [1.82, 2.24) is 29.8 Å². The van der Waals surface area contributed by atoms with Crippen LogP contribution in [0.15, 0.2) is 48.9 Å². The van der Waals surface area contributed by atoms with Crippen molar-refractivity contribution in [2.45, 2.75) is 31.3 Å². The van der Waals surface area contributed by atoms with Gasteiger partial charge in [0.1, 0.15) is 11.5 Å². The van der Waals surface area contributed by atoms with Crippen LogP contribution < -0.4 is 15.1 Å². The van der Waals surface area contributed by atoms with Crippen LogP contribution in [0.1, 0.15) is 19.3 Å². The van der Waals surface area contributed by atoms with Crippen molar-refractivity contribution in [2.75, 3.05) is 54.4 Å². The molecule has 0 saturated carbocycles. The number of rotatable bonds is 7. The van der Waals surface area contributed by atoms with Gasteiger partial charge in [0, 0.05) is 62.0 Å². The van der Waals surface area contributed by atoms with Crippen molar-refractivity contribution in [3.05, 3.63) is 54.7 Å². The normalized spacial score (nSPS) is 20.9. The molecule has 0 spiro atoms. The Kier molecular flexibility index (Phi) is 6.16. The second-order valence-corrected chi connectivity index (χ2v) is 10.5. The van der Waals surface area contributed by atoms with Crippen molar-refractivity contribution in [3.63, 3.8) is 0 Å². The Hall–Kier alpha value is -3.96. The fourth-order valence-corrected chi connectivity index (χ4v) is 6.01. The lowest BCUT2D eigenvalue weighted by atomic mass is 9.87. The van der Waals surface area contributed by atoms with E-state index in [4.69, 9.17) is 4.98 Å². The molecule has 4 aliphatic rings. The zero-order chi connectivity index (χ0) is 26.3. The van der Waals surface area contributed by atoms with Crippen LogP contribution in [0.3, 0.4) is 0 Å². The molecule has 4 saturated heterocycles. The van der Waals surface area contributed by atoms with E-state index in [2.05, 4.69) is 40.0 Å². The van der Waals surface area contributed by atoms with Gasteiger partial charge in [-0.25, -0.2) is 29.3 Å². The summed E-state index contributed by atoms with van der Waals surface area (Å²) in [6.45, 7) is 4.78. The van der Waals surface area contributed by atoms with E-state index in [0.29, 0.717) is 23.6 Å². The highest BCUT2D eigenvalue weighted by atomic mass is 19.1. The molecule has 10 nitrogen and oxygen atoms in total. The number of aliphatic hydroxyl groups is 1. The predicted molar refractivity (Wildman–Crippen MR) is 148 cm³/mol. The van der Waals surface area contributed by atoms with Gasteiger partial charge in [0.2, 0.25) is 11.9 Å². The van der Waals surface area contributed by atoms with Crippen molar-refractivity contribution < 1.29 is 9.50 Å². The maximum Gasteiger partial charge on any atom is 0.227 e. The smallest absolute Gasteiger partial charge is 0.227 e. The van der Waals surface area contributed by atoms with Crippen LogP contribution in [-0.4, -0.2) is 86.3 Å². The number of piperidine rings is 1. The molecule has 2 unspecified atom stereocenters. The summed E-state index contributed by atoms with van der Waals surface area (Å²) < 4.78 is 14.8. The second-order valence-electron chi connectivity index (χ2n) is 10.5. The van der Waals surface area contributed by atoms with Crippen LogP contribution in [0.5, 0.6) is 0 Å². The van der Waals surface area contributed by atoms with E-state index >= 15 is 0 Å². The quantitative estimate of drug-likeness (QED) is 0.372. The lowest BCUT2D eigenvalue weighted by Crippen LogP contribution is -2.69. The third kappa shape index (κ3) is 4.61. The van der Waals surface area contributed by atoms with Crippen LogP contribution in [0.4, 0.5) is 27.8 Å². The van der Waals surface area contributed by atoms with E-state index in [-0.39, 0.29) is 12.3 Å². The molecule has 8 rings (SSSR count). The van der Waals surface area contributed by atoms with Gasteiger partial charge in [-0.15, -0.1) is 0 Å². The molecule has 3 aromatic heterocycles. The van der Waals surface area contributed by atoms with Gasteiger partial charge in [-0.3, -0.25) is 4.90 Å². The van der Waals surface area contributed by atoms with E-state index in [1.807, 2.05) is 30.3 Å². The molecule has 4 aliphatic heterocycles. The standard InChI is InChI=1S/C28H30FN9O/c29-23-15-31-27(33-20-4-6-25(30-14-20)38-21-12-22(38)17-36(16-21)9-10-39)35-26(23)18-3-5-24-19(11-18)13-32-28(34-24)37-7-1-2-8-37/h3-6,11,13-15,21-22,39H,1-2,7-10,12,16-17H2,(H,31,33,35). The molecule has 0 aliphatic carbocycles. The molecule has 2 N–H and O–H groups in total. The minimum absolute atomic E-state index is 0.195. The van der Waals surface area contributed by atoms with Crippen molar-refractivity contribution in [3.8, 4) is 11.3 Å². The summed E-state index contributed by atoms with van der Waals surface area (Å²) in [4.78, 5) is 29.4. The first-order chi connectivity index (χ1) is 19.1. The van der Waals surface area contributed by atoms with Crippen molar-refractivity contribution in [1.29, 1.82) is 0 Å². The van der Waals surface area contributed by atoms with Gasteiger partial charge in [-0.2, -0.15) is 0 Å². The van der Waals surface area contributed by atoms with Gasteiger partial charge >= 0.3 is 0 Å². The number of hydrogen-bond donors (Lipinski definition) is 2. The summed E-state index contributed by atoms with van der Waals surface area (Å²) in [5, 5.41) is 13.2. The summed E-state index contributed by atoms with van der Waals surface area (Å²) in [6, 6.07) is 10.4. The summed E-state index contributed by atoms with van der Waals surface area (Å²) in [6.07, 6.45) is 8.22. The van der Waals surface area contributed by atoms with Gasteiger partial charge in [0.25, 0.3) is 0 Å². The lowest BCUT2D eigenvalue weighted by Gasteiger charge is -2.57. The van der Waals surface area contributed by atoms with Crippen LogP contribution in [-0.2, 0) is 0 Å². The first-order valence-corrected chi connectivity index (χ1v) is 13.5. The van der Waals surface area contributed by atoms with Crippen LogP contribution in [0, 0.1) is 5.82 Å². The largest absolute Gasteiger partial charge is 0.395 e. The topological polar surface area (TPSA) is 106 Å². The third-order valence-electron chi connectivity index (χ3n) is 7.93. The minimum Gasteiger partial charge on any atom is -0.395 e.